The third-order valence-corrected chi connectivity index (χ3v) is 4.21. The Hall–Kier alpha value is -3.12. The standard InChI is InChI=1S/C22H17F2N/c1-2-15-3-8-17(9-4-15)18-10-5-16(6-11-18)7-12-19-13-14-20(25)22(24)21(19)23/h1,3-6,8-11,13-14H,7,12,25H2. The van der Waals surface area contributed by atoms with Gasteiger partial charge in [-0.15, -0.1) is 6.42 Å². The number of halogens is 2. The monoisotopic (exact) mass is 333 g/mol. The van der Waals surface area contributed by atoms with Gasteiger partial charge in [0.25, 0.3) is 0 Å². The van der Waals surface area contributed by atoms with Crippen LogP contribution in [0.1, 0.15) is 16.7 Å². The Bertz CT molecular complexity index is 920. The smallest absolute Gasteiger partial charge is 0.181 e. The van der Waals surface area contributed by atoms with Crippen LogP contribution in [0.15, 0.2) is 60.7 Å². The molecule has 0 amide bonds. The average molecular weight is 333 g/mol. The molecule has 0 unspecified atom stereocenters. The minimum Gasteiger partial charge on any atom is -0.396 e. The van der Waals surface area contributed by atoms with E-state index in [2.05, 4.69) is 5.92 Å². The summed E-state index contributed by atoms with van der Waals surface area (Å²) in [7, 11) is 0. The van der Waals surface area contributed by atoms with Crippen molar-refractivity contribution in [1.82, 2.24) is 0 Å². The fraction of sp³-hybridized carbons (Fsp3) is 0.0909. The van der Waals surface area contributed by atoms with Gasteiger partial charge < -0.3 is 5.73 Å². The second-order valence-corrected chi connectivity index (χ2v) is 5.86. The van der Waals surface area contributed by atoms with Crippen molar-refractivity contribution in [1.29, 1.82) is 0 Å². The van der Waals surface area contributed by atoms with Gasteiger partial charge in [-0.3, -0.25) is 0 Å². The fourth-order valence-corrected chi connectivity index (χ4v) is 2.70. The molecule has 0 heterocycles. The van der Waals surface area contributed by atoms with Crippen molar-refractivity contribution in [2.75, 3.05) is 5.73 Å². The molecule has 25 heavy (non-hydrogen) atoms. The molecule has 1 nitrogen and oxygen atoms in total. The predicted octanol–water partition coefficient (Wildman–Crippen LogP) is 4.98. The van der Waals surface area contributed by atoms with E-state index in [1.165, 1.54) is 12.1 Å². The third-order valence-electron chi connectivity index (χ3n) is 4.21. The van der Waals surface area contributed by atoms with E-state index in [0.717, 1.165) is 22.3 Å². The summed E-state index contributed by atoms with van der Waals surface area (Å²) in [6, 6.07) is 18.7. The van der Waals surface area contributed by atoms with E-state index in [1.807, 2.05) is 48.5 Å². The first kappa shape index (κ1) is 16.7. The van der Waals surface area contributed by atoms with Crippen molar-refractivity contribution in [3.8, 4) is 23.5 Å². The van der Waals surface area contributed by atoms with Crippen LogP contribution in [0.2, 0.25) is 0 Å². The number of rotatable bonds is 4. The summed E-state index contributed by atoms with van der Waals surface area (Å²) in [5, 5.41) is 0. The van der Waals surface area contributed by atoms with E-state index >= 15 is 0 Å². The summed E-state index contributed by atoms with van der Waals surface area (Å²) < 4.78 is 27.3. The number of benzene rings is 3. The summed E-state index contributed by atoms with van der Waals surface area (Å²) in [6.45, 7) is 0. The normalized spacial score (nSPS) is 10.4. The fourth-order valence-electron chi connectivity index (χ4n) is 2.70. The number of nitrogens with two attached hydrogens (primary N) is 1. The average Bonchev–Trinajstić information content (AvgIpc) is 2.66. The van der Waals surface area contributed by atoms with E-state index in [4.69, 9.17) is 12.2 Å². The lowest BCUT2D eigenvalue weighted by atomic mass is 9.99. The maximum Gasteiger partial charge on any atom is 0.181 e. The molecule has 0 aromatic heterocycles. The number of aryl methyl sites for hydroxylation is 2. The van der Waals surface area contributed by atoms with Crippen LogP contribution in [0.5, 0.6) is 0 Å². The third kappa shape index (κ3) is 3.70. The summed E-state index contributed by atoms with van der Waals surface area (Å²) >= 11 is 0. The zero-order valence-electron chi connectivity index (χ0n) is 13.6. The zero-order valence-corrected chi connectivity index (χ0v) is 13.6. The molecule has 0 aliphatic rings. The van der Waals surface area contributed by atoms with Crippen LogP contribution >= 0.6 is 0 Å². The zero-order chi connectivity index (χ0) is 17.8. The lowest BCUT2D eigenvalue weighted by molar-refractivity contribution is 0.502. The van der Waals surface area contributed by atoms with E-state index in [0.29, 0.717) is 18.4 Å². The Labute approximate surface area is 146 Å². The molecule has 0 saturated carbocycles. The maximum atomic E-state index is 13.8. The van der Waals surface area contributed by atoms with Gasteiger partial charge in [0.05, 0.1) is 5.69 Å². The minimum atomic E-state index is -0.969. The topological polar surface area (TPSA) is 26.0 Å². The minimum absolute atomic E-state index is 0.165. The molecule has 0 aliphatic carbocycles. The Kier molecular flexibility index (Phi) is 4.81. The van der Waals surface area contributed by atoms with E-state index < -0.39 is 11.6 Å². The van der Waals surface area contributed by atoms with Crippen molar-refractivity contribution in [2.24, 2.45) is 0 Å². The van der Waals surface area contributed by atoms with Gasteiger partial charge in [-0.2, -0.15) is 0 Å². The quantitative estimate of drug-likeness (QED) is 0.529. The van der Waals surface area contributed by atoms with Gasteiger partial charge in [0, 0.05) is 5.56 Å². The van der Waals surface area contributed by atoms with Crippen LogP contribution in [0.3, 0.4) is 0 Å². The van der Waals surface area contributed by atoms with Crippen molar-refractivity contribution < 1.29 is 8.78 Å². The van der Waals surface area contributed by atoms with Gasteiger partial charge in [0.1, 0.15) is 0 Å². The number of hydrogen-bond acceptors (Lipinski definition) is 1. The van der Waals surface area contributed by atoms with E-state index in [1.54, 1.807) is 0 Å². The van der Waals surface area contributed by atoms with Crippen LogP contribution in [0, 0.1) is 24.0 Å². The van der Waals surface area contributed by atoms with Crippen LogP contribution in [0.4, 0.5) is 14.5 Å². The summed E-state index contributed by atoms with van der Waals surface area (Å²) in [6.07, 6.45) is 6.40. The van der Waals surface area contributed by atoms with Crippen LogP contribution < -0.4 is 5.73 Å². The Balaban J connectivity index is 1.71. The molecule has 0 fully saturated rings. The van der Waals surface area contributed by atoms with Crippen LogP contribution in [-0.4, -0.2) is 0 Å². The number of anilines is 1. The second kappa shape index (κ2) is 7.19. The predicted molar refractivity (Wildman–Crippen MR) is 98.0 cm³/mol. The largest absolute Gasteiger partial charge is 0.396 e. The summed E-state index contributed by atoms with van der Waals surface area (Å²) in [5.41, 5.74) is 9.59. The molecule has 0 atom stereocenters. The molecule has 0 spiro atoms. The van der Waals surface area contributed by atoms with Gasteiger partial charge in [0.2, 0.25) is 0 Å². The number of nitrogen functional groups attached to an aromatic ring is 1. The molecule has 3 aromatic carbocycles. The first-order valence-electron chi connectivity index (χ1n) is 7.97. The van der Waals surface area contributed by atoms with Gasteiger partial charge in [-0.25, -0.2) is 8.78 Å². The highest BCUT2D eigenvalue weighted by molar-refractivity contribution is 5.64. The van der Waals surface area contributed by atoms with Gasteiger partial charge in [0.15, 0.2) is 11.6 Å². The molecular weight excluding hydrogens is 316 g/mol. The molecule has 0 radical (unpaired) electrons. The molecule has 124 valence electrons. The molecule has 2 N–H and O–H groups in total. The van der Waals surface area contributed by atoms with Gasteiger partial charge in [-0.1, -0.05) is 48.4 Å². The van der Waals surface area contributed by atoms with Crippen molar-refractivity contribution in [3.63, 3.8) is 0 Å². The first-order valence-corrected chi connectivity index (χ1v) is 7.97. The maximum absolute atomic E-state index is 13.8. The highest BCUT2D eigenvalue weighted by atomic mass is 19.2. The first-order chi connectivity index (χ1) is 12.1. The van der Waals surface area contributed by atoms with Crippen LogP contribution in [0.25, 0.3) is 11.1 Å². The SMILES string of the molecule is C#Cc1ccc(-c2ccc(CCc3ccc(N)c(F)c3F)cc2)cc1. The molecule has 3 rings (SSSR count). The highest BCUT2D eigenvalue weighted by Gasteiger charge is 2.11. The molecule has 0 aliphatic heterocycles. The summed E-state index contributed by atoms with van der Waals surface area (Å²) in [5.74, 6) is 0.768. The molecule has 3 heteroatoms. The van der Waals surface area contributed by atoms with Crippen molar-refractivity contribution in [2.45, 2.75) is 12.8 Å². The molecule has 0 saturated heterocycles. The second-order valence-electron chi connectivity index (χ2n) is 5.86. The van der Waals surface area contributed by atoms with Crippen molar-refractivity contribution in [3.05, 3.63) is 89.0 Å². The lowest BCUT2D eigenvalue weighted by Crippen LogP contribution is -2.01. The Morgan fingerprint density at radius 2 is 1.36 bits per heavy atom. The van der Waals surface area contributed by atoms with E-state index in [9.17, 15) is 8.78 Å². The lowest BCUT2D eigenvalue weighted by Gasteiger charge is -2.07. The van der Waals surface area contributed by atoms with Gasteiger partial charge in [-0.05, 0) is 53.3 Å². The van der Waals surface area contributed by atoms with E-state index in [-0.39, 0.29) is 5.69 Å². The van der Waals surface area contributed by atoms with Crippen molar-refractivity contribution >= 4 is 5.69 Å². The Morgan fingerprint density at radius 3 is 1.96 bits per heavy atom. The molecule has 3 aromatic rings. The number of hydrogen-bond donors (Lipinski definition) is 1. The molecule has 0 bridgehead atoms. The van der Waals surface area contributed by atoms with Crippen LogP contribution in [-0.2, 0) is 12.8 Å². The van der Waals surface area contributed by atoms with Gasteiger partial charge >= 0.3 is 0 Å². The summed E-state index contributed by atoms with van der Waals surface area (Å²) in [4.78, 5) is 0. The number of terminal acetylenes is 1. The molecular formula is C22H17F2N. The Morgan fingerprint density at radius 1 is 0.760 bits per heavy atom. The highest BCUT2D eigenvalue weighted by Crippen LogP contribution is 2.22.